The van der Waals surface area contributed by atoms with Crippen molar-refractivity contribution in [2.45, 2.75) is 69.7 Å². The molecule has 4 heteroatoms. The molecule has 3 nitrogen and oxygen atoms in total. The second-order valence-corrected chi connectivity index (χ2v) is 8.95. The van der Waals surface area contributed by atoms with Crippen LogP contribution >= 0.6 is 12.2 Å². The van der Waals surface area contributed by atoms with Crippen LogP contribution in [0.4, 0.5) is 0 Å². The smallest absolute Gasteiger partial charge is 0.258 e. The number of rotatable bonds is 2. The first-order chi connectivity index (χ1) is 12.7. The maximum absolute atomic E-state index is 13.7. The van der Waals surface area contributed by atoms with Crippen molar-refractivity contribution < 1.29 is 0 Å². The molecule has 0 atom stereocenters. The fourth-order valence-electron chi connectivity index (χ4n) is 5.73. The van der Waals surface area contributed by atoms with Gasteiger partial charge in [0.15, 0.2) is 4.77 Å². The van der Waals surface area contributed by atoms with Crippen molar-refractivity contribution in [2.24, 2.45) is 5.92 Å². The molecule has 1 spiro atoms. The molecule has 3 aliphatic rings. The molecule has 5 rings (SSSR count). The van der Waals surface area contributed by atoms with Gasteiger partial charge in [-0.25, -0.2) is 0 Å². The Bertz CT molecular complexity index is 959. The van der Waals surface area contributed by atoms with Gasteiger partial charge in [-0.2, -0.15) is 0 Å². The van der Waals surface area contributed by atoms with Crippen molar-refractivity contribution in [1.82, 2.24) is 9.55 Å². The molecular formula is C22H26N2OS. The van der Waals surface area contributed by atoms with Crippen LogP contribution in [0.3, 0.4) is 0 Å². The maximum atomic E-state index is 13.7. The van der Waals surface area contributed by atoms with E-state index in [1.165, 1.54) is 49.7 Å². The molecule has 0 bridgehead atoms. The quantitative estimate of drug-likeness (QED) is 0.748. The minimum Gasteiger partial charge on any atom is -0.331 e. The lowest BCUT2D eigenvalue weighted by molar-refractivity contribution is 0.402. The first-order valence-corrected chi connectivity index (χ1v) is 10.5. The molecule has 136 valence electrons. The summed E-state index contributed by atoms with van der Waals surface area (Å²) >= 11 is 5.66. The summed E-state index contributed by atoms with van der Waals surface area (Å²) in [5.41, 5.74) is 4.77. The number of aromatic nitrogens is 2. The molecule has 1 N–H and O–H groups in total. The van der Waals surface area contributed by atoms with Crippen molar-refractivity contribution >= 4 is 12.2 Å². The lowest BCUT2D eigenvalue weighted by atomic mass is 9.68. The predicted octanol–water partition coefficient (Wildman–Crippen LogP) is 5.13. The van der Waals surface area contributed by atoms with Crippen LogP contribution in [0, 0.1) is 10.7 Å². The van der Waals surface area contributed by atoms with Gasteiger partial charge in [-0.15, -0.1) is 0 Å². The standard InChI is InChI=1S/C22H26N2OS/c25-20-18-19(23-21(26)24(20)14-15-7-1-2-8-15)17-10-4-3-9-16(17)13-22(18)11-5-6-12-22/h3-4,9-10,15H,1-2,5-8,11-14H2,(H,23,26). The highest BCUT2D eigenvalue weighted by Gasteiger charge is 2.44. The molecule has 2 fully saturated rings. The Balaban J connectivity index is 1.73. The Hall–Kier alpha value is -1.68. The van der Waals surface area contributed by atoms with Crippen LogP contribution in [0.5, 0.6) is 0 Å². The number of aromatic amines is 1. The summed E-state index contributed by atoms with van der Waals surface area (Å²) in [6.45, 7) is 0.791. The summed E-state index contributed by atoms with van der Waals surface area (Å²) in [4.78, 5) is 17.2. The van der Waals surface area contributed by atoms with Gasteiger partial charge in [-0.3, -0.25) is 9.36 Å². The van der Waals surface area contributed by atoms with E-state index in [1.807, 2.05) is 4.57 Å². The minimum atomic E-state index is 0.0116. The molecule has 3 aliphatic carbocycles. The summed E-state index contributed by atoms with van der Waals surface area (Å²) in [7, 11) is 0. The Morgan fingerprint density at radius 1 is 1.12 bits per heavy atom. The van der Waals surface area contributed by atoms with Crippen molar-refractivity contribution in [2.75, 3.05) is 0 Å². The number of nitrogens with zero attached hydrogens (tertiary/aromatic N) is 1. The summed E-state index contributed by atoms with van der Waals surface area (Å²) in [5, 5.41) is 0. The number of hydrogen-bond donors (Lipinski definition) is 1. The van der Waals surface area contributed by atoms with Gasteiger partial charge in [0.1, 0.15) is 0 Å². The monoisotopic (exact) mass is 366 g/mol. The van der Waals surface area contributed by atoms with Crippen LogP contribution in [-0.4, -0.2) is 9.55 Å². The summed E-state index contributed by atoms with van der Waals surface area (Å²) < 4.78 is 2.49. The van der Waals surface area contributed by atoms with E-state index in [2.05, 4.69) is 29.2 Å². The first-order valence-electron chi connectivity index (χ1n) is 10.1. The van der Waals surface area contributed by atoms with E-state index in [4.69, 9.17) is 12.2 Å². The number of nitrogens with one attached hydrogen (secondary N) is 1. The predicted molar refractivity (Wildman–Crippen MR) is 107 cm³/mol. The van der Waals surface area contributed by atoms with E-state index >= 15 is 0 Å². The van der Waals surface area contributed by atoms with Gasteiger partial charge >= 0.3 is 0 Å². The molecule has 1 heterocycles. The molecule has 26 heavy (non-hydrogen) atoms. The Labute approximate surface area is 159 Å². The number of benzene rings is 1. The average molecular weight is 367 g/mol. The Kier molecular flexibility index (Phi) is 3.93. The van der Waals surface area contributed by atoms with Gasteiger partial charge in [0, 0.05) is 23.1 Å². The molecule has 2 aromatic rings. The topological polar surface area (TPSA) is 37.8 Å². The van der Waals surface area contributed by atoms with E-state index < -0.39 is 0 Å². The van der Waals surface area contributed by atoms with Crippen LogP contribution in [0.1, 0.15) is 62.5 Å². The molecule has 0 aliphatic heterocycles. The first kappa shape index (κ1) is 16.5. The van der Waals surface area contributed by atoms with Gasteiger partial charge < -0.3 is 4.98 Å². The highest BCUT2D eigenvalue weighted by molar-refractivity contribution is 7.71. The van der Waals surface area contributed by atoms with E-state index in [0.717, 1.165) is 37.1 Å². The molecule has 0 unspecified atom stereocenters. The summed E-state index contributed by atoms with van der Waals surface area (Å²) in [5.74, 6) is 0.608. The molecule has 0 radical (unpaired) electrons. The molecule has 1 aromatic carbocycles. The third kappa shape index (κ3) is 2.45. The van der Waals surface area contributed by atoms with Crippen LogP contribution in [-0.2, 0) is 18.4 Å². The average Bonchev–Trinajstić information content (AvgIpc) is 3.31. The SMILES string of the molecule is O=c1c2c([nH]c(=S)n1CC1CCCC1)-c1ccccc1CC21CCCC1. The maximum Gasteiger partial charge on any atom is 0.258 e. The second-order valence-electron chi connectivity index (χ2n) is 8.57. The fraction of sp³-hybridized carbons (Fsp3) is 0.545. The molecule has 1 aromatic heterocycles. The lowest BCUT2D eigenvalue weighted by Gasteiger charge is -2.36. The fourth-order valence-corrected chi connectivity index (χ4v) is 5.99. The van der Waals surface area contributed by atoms with Crippen LogP contribution in [0.15, 0.2) is 29.1 Å². The van der Waals surface area contributed by atoms with E-state index in [1.54, 1.807) is 0 Å². The van der Waals surface area contributed by atoms with Gasteiger partial charge in [-0.1, -0.05) is 49.9 Å². The lowest BCUT2D eigenvalue weighted by Crippen LogP contribution is -2.40. The van der Waals surface area contributed by atoms with Gasteiger partial charge in [0.25, 0.3) is 5.56 Å². The summed E-state index contributed by atoms with van der Waals surface area (Å²) in [6, 6.07) is 8.54. The van der Waals surface area contributed by atoms with Gasteiger partial charge in [-0.05, 0) is 55.8 Å². The number of hydrogen-bond acceptors (Lipinski definition) is 2. The van der Waals surface area contributed by atoms with Crippen molar-refractivity contribution in [3.05, 3.63) is 50.5 Å². The zero-order valence-corrected chi connectivity index (χ0v) is 16.0. The van der Waals surface area contributed by atoms with Gasteiger partial charge in [0.05, 0.1) is 5.69 Å². The molecule has 0 saturated heterocycles. The zero-order valence-electron chi connectivity index (χ0n) is 15.2. The Morgan fingerprint density at radius 2 is 1.85 bits per heavy atom. The van der Waals surface area contributed by atoms with Gasteiger partial charge in [0.2, 0.25) is 0 Å². The second kappa shape index (κ2) is 6.19. The van der Waals surface area contributed by atoms with Crippen molar-refractivity contribution in [3.63, 3.8) is 0 Å². The minimum absolute atomic E-state index is 0.0116. The van der Waals surface area contributed by atoms with Crippen LogP contribution in [0.25, 0.3) is 11.3 Å². The highest BCUT2D eigenvalue weighted by Crippen LogP contribution is 2.49. The largest absolute Gasteiger partial charge is 0.331 e. The Morgan fingerprint density at radius 3 is 2.62 bits per heavy atom. The van der Waals surface area contributed by atoms with Crippen molar-refractivity contribution in [3.8, 4) is 11.3 Å². The van der Waals surface area contributed by atoms with Crippen molar-refractivity contribution in [1.29, 1.82) is 0 Å². The third-order valence-corrected chi connectivity index (χ3v) is 7.33. The molecule has 0 amide bonds. The van der Waals surface area contributed by atoms with E-state index in [9.17, 15) is 4.79 Å². The number of H-pyrrole nitrogens is 1. The highest BCUT2D eigenvalue weighted by atomic mass is 32.1. The zero-order chi connectivity index (χ0) is 17.7. The van der Waals surface area contributed by atoms with Crippen LogP contribution in [0.2, 0.25) is 0 Å². The van der Waals surface area contributed by atoms with E-state index in [-0.39, 0.29) is 11.0 Å². The van der Waals surface area contributed by atoms with Crippen LogP contribution < -0.4 is 5.56 Å². The number of fused-ring (bicyclic) bond motifs is 4. The van der Waals surface area contributed by atoms with E-state index in [0.29, 0.717) is 10.7 Å². The molecule has 2 saturated carbocycles. The molecular weight excluding hydrogens is 340 g/mol. The third-order valence-electron chi connectivity index (χ3n) is 7.01. The normalized spacial score (nSPS) is 21.1. The summed E-state index contributed by atoms with van der Waals surface area (Å²) in [6.07, 6.45) is 10.7.